The van der Waals surface area contributed by atoms with Gasteiger partial charge in [-0.25, -0.2) is 4.79 Å². The molecule has 1 saturated heterocycles. The molecule has 6 nitrogen and oxygen atoms in total. The number of rotatable bonds is 5. The maximum Gasteiger partial charge on any atom is 0.325 e. The monoisotopic (exact) mass is 380 g/mol. The van der Waals surface area contributed by atoms with Gasteiger partial charge in [0.05, 0.1) is 13.7 Å². The molecule has 1 N–H and O–H groups in total. The van der Waals surface area contributed by atoms with Crippen LogP contribution < -0.4 is 14.8 Å². The van der Waals surface area contributed by atoms with Gasteiger partial charge in [0.2, 0.25) is 0 Å². The van der Waals surface area contributed by atoms with Crippen LogP contribution in [0.2, 0.25) is 0 Å². The summed E-state index contributed by atoms with van der Waals surface area (Å²) in [6.07, 6.45) is 3.48. The molecule has 0 unspecified atom stereocenters. The molecule has 3 amide bonds. The molecule has 28 heavy (non-hydrogen) atoms. The van der Waals surface area contributed by atoms with Crippen molar-refractivity contribution in [1.82, 2.24) is 10.2 Å². The zero-order chi connectivity index (χ0) is 19.6. The molecule has 1 fully saturated rings. The molecule has 1 heterocycles. The molecule has 0 saturated carbocycles. The van der Waals surface area contributed by atoms with Crippen molar-refractivity contribution in [3.63, 3.8) is 0 Å². The van der Waals surface area contributed by atoms with Crippen molar-refractivity contribution in [2.75, 3.05) is 20.3 Å². The Labute approximate surface area is 164 Å². The number of methoxy groups -OCH3 is 1. The first kappa shape index (κ1) is 18.3. The third-order valence-corrected chi connectivity index (χ3v) is 5.54. The SMILES string of the molecule is COc1ccc(OCCN2C(=O)N[C@]3(CCCCc4ccccc43)C2=O)cc1. The van der Waals surface area contributed by atoms with Crippen LogP contribution in [0.25, 0.3) is 0 Å². The number of urea groups is 1. The predicted octanol–water partition coefficient (Wildman–Crippen LogP) is 3.25. The van der Waals surface area contributed by atoms with Crippen molar-refractivity contribution in [2.45, 2.75) is 31.2 Å². The standard InChI is InChI=1S/C22H24N2O4/c1-27-17-9-11-18(12-10-17)28-15-14-24-20(25)22(23-21(24)26)13-5-4-7-16-6-2-3-8-19(16)22/h2-3,6,8-12H,4-5,7,13-15H2,1H3,(H,23,26)/t22-/m0/s1. The number of amides is 3. The number of nitrogens with one attached hydrogen (secondary N) is 1. The summed E-state index contributed by atoms with van der Waals surface area (Å²) in [6.45, 7) is 0.448. The molecular formula is C22H24N2O4. The summed E-state index contributed by atoms with van der Waals surface area (Å²) in [5, 5.41) is 2.99. The van der Waals surface area contributed by atoms with E-state index in [0.717, 1.165) is 36.1 Å². The Kier molecular flexibility index (Phi) is 4.94. The molecule has 146 valence electrons. The highest BCUT2D eigenvalue weighted by atomic mass is 16.5. The third kappa shape index (κ3) is 3.19. The van der Waals surface area contributed by atoms with Gasteiger partial charge in [-0.3, -0.25) is 9.69 Å². The van der Waals surface area contributed by atoms with Crippen LogP contribution in [-0.2, 0) is 16.8 Å². The van der Waals surface area contributed by atoms with Gasteiger partial charge in [-0.15, -0.1) is 0 Å². The number of imide groups is 1. The van der Waals surface area contributed by atoms with Crippen LogP contribution in [0.15, 0.2) is 48.5 Å². The second-order valence-corrected chi connectivity index (χ2v) is 7.18. The molecular weight excluding hydrogens is 356 g/mol. The minimum absolute atomic E-state index is 0.176. The number of aryl methyl sites for hydroxylation is 1. The van der Waals surface area contributed by atoms with Crippen molar-refractivity contribution in [2.24, 2.45) is 0 Å². The highest BCUT2D eigenvalue weighted by Gasteiger charge is 2.53. The van der Waals surface area contributed by atoms with E-state index in [1.54, 1.807) is 31.4 Å². The minimum Gasteiger partial charge on any atom is -0.497 e. The summed E-state index contributed by atoms with van der Waals surface area (Å²) in [5.41, 5.74) is 1.14. The second kappa shape index (κ2) is 7.54. The normalized spacial score (nSPS) is 21.2. The minimum atomic E-state index is -0.940. The maximum absolute atomic E-state index is 13.3. The quantitative estimate of drug-likeness (QED) is 0.809. The fourth-order valence-corrected chi connectivity index (χ4v) is 4.10. The van der Waals surface area contributed by atoms with E-state index < -0.39 is 5.54 Å². The van der Waals surface area contributed by atoms with Crippen molar-refractivity contribution in [1.29, 1.82) is 0 Å². The Morgan fingerprint density at radius 2 is 1.79 bits per heavy atom. The number of carbonyl (C=O) groups is 2. The zero-order valence-corrected chi connectivity index (χ0v) is 15.9. The molecule has 6 heteroatoms. The van der Waals surface area contributed by atoms with Crippen molar-refractivity contribution in [3.8, 4) is 11.5 Å². The first-order valence-electron chi connectivity index (χ1n) is 9.63. The van der Waals surface area contributed by atoms with Crippen molar-refractivity contribution >= 4 is 11.9 Å². The lowest BCUT2D eigenvalue weighted by Crippen LogP contribution is -2.44. The number of fused-ring (bicyclic) bond motifs is 2. The number of ether oxygens (including phenoxy) is 2. The Hall–Kier alpha value is -3.02. The van der Waals surface area contributed by atoms with Gasteiger partial charge in [0, 0.05) is 0 Å². The third-order valence-electron chi connectivity index (χ3n) is 5.54. The molecule has 2 aromatic carbocycles. The Morgan fingerprint density at radius 3 is 2.57 bits per heavy atom. The topological polar surface area (TPSA) is 67.9 Å². The van der Waals surface area contributed by atoms with Crippen LogP contribution in [0.4, 0.5) is 4.79 Å². The lowest BCUT2D eigenvalue weighted by molar-refractivity contribution is -0.132. The van der Waals surface area contributed by atoms with E-state index in [2.05, 4.69) is 11.4 Å². The number of hydrogen-bond acceptors (Lipinski definition) is 4. The van der Waals surface area contributed by atoms with Gasteiger partial charge < -0.3 is 14.8 Å². The smallest absolute Gasteiger partial charge is 0.325 e. The molecule has 2 aromatic rings. The van der Waals surface area contributed by atoms with E-state index >= 15 is 0 Å². The lowest BCUT2D eigenvalue weighted by Gasteiger charge is -2.27. The highest BCUT2D eigenvalue weighted by Crippen LogP contribution is 2.38. The summed E-state index contributed by atoms with van der Waals surface area (Å²) in [7, 11) is 1.61. The molecule has 0 radical (unpaired) electrons. The van der Waals surface area contributed by atoms with E-state index in [0.29, 0.717) is 12.2 Å². The van der Waals surface area contributed by atoms with Gasteiger partial charge in [0.15, 0.2) is 0 Å². The van der Waals surface area contributed by atoms with E-state index in [4.69, 9.17) is 9.47 Å². The van der Waals surface area contributed by atoms with Crippen LogP contribution in [0.3, 0.4) is 0 Å². The lowest BCUT2D eigenvalue weighted by atomic mass is 9.84. The number of carbonyl (C=O) groups excluding carboxylic acids is 2. The molecule has 1 spiro atoms. The van der Waals surface area contributed by atoms with E-state index in [9.17, 15) is 9.59 Å². The average Bonchev–Trinajstić information content (AvgIpc) is 2.86. The van der Waals surface area contributed by atoms with E-state index in [1.807, 2.05) is 18.2 Å². The predicted molar refractivity (Wildman–Crippen MR) is 104 cm³/mol. The molecule has 0 bridgehead atoms. The van der Waals surface area contributed by atoms with Gasteiger partial charge in [-0.2, -0.15) is 0 Å². The zero-order valence-electron chi connectivity index (χ0n) is 15.9. The molecule has 0 aromatic heterocycles. The number of nitrogens with zero attached hydrogens (tertiary/aromatic N) is 1. The number of benzene rings is 2. The van der Waals surface area contributed by atoms with Crippen molar-refractivity contribution in [3.05, 3.63) is 59.7 Å². The van der Waals surface area contributed by atoms with Crippen LogP contribution in [0, 0.1) is 0 Å². The first-order valence-corrected chi connectivity index (χ1v) is 9.63. The van der Waals surface area contributed by atoms with Gasteiger partial charge >= 0.3 is 6.03 Å². The van der Waals surface area contributed by atoms with Crippen LogP contribution in [-0.4, -0.2) is 37.1 Å². The number of hydrogen-bond donors (Lipinski definition) is 1. The van der Waals surface area contributed by atoms with Gasteiger partial charge in [-0.1, -0.05) is 24.3 Å². The molecule has 1 aliphatic carbocycles. The summed E-state index contributed by atoms with van der Waals surface area (Å²) < 4.78 is 10.8. The van der Waals surface area contributed by atoms with Gasteiger partial charge in [0.25, 0.3) is 5.91 Å². The van der Waals surface area contributed by atoms with Crippen LogP contribution >= 0.6 is 0 Å². The molecule has 4 rings (SSSR count). The van der Waals surface area contributed by atoms with E-state index in [1.165, 1.54) is 4.90 Å². The average molecular weight is 380 g/mol. The van der Waals surface area contributed by atoms with Gasteiger partial charge in [-0.05, 0) is 61.1 Å². The first-order chi connectivity index (χ1) is 13.6. The summed E-state index contributed by atoms with van der Waals surface area (Å²) >= 11 is 0. The summed E-state index contributed by atoms with van der Waals surface area (Å²) in [4.78, 5) is 27.2. The summed E-state index contributed by atoms with van der Waals surface area (Å²) in [6, 6.07) is 14.8. The Morgan fingerprint density at radius 1 is 1.04 bits per heavy atom. The largest absolute Gasteiger partial charge is 0.497 e. The van der Waals surface area contributed by atoms with Crippen LogP contribution in [0.1, 0.15) is 30.4 Å². The highest BCUT2D eigenvalue weighted by molar-refractivity contribution is 6.07. The Bertz CT molecular complexity index is 880. The maximum atomic E-state index is 13.3. The fraction of sp³-hybridized carbons (Fsp3) is 0.364. The van der Waals surface area contributed by atoms with E-state index in [-0.39, 0.29) is 25.1 Å². The van der Waals surface area contributed by atoms with Crippen LogP contribution in [0.5, 0.6) is 11.5 Å². The Balaban J connectivity index is 1.48. The van der Waals surface area contributed by atoms with Crippen molar-refractivity contribution < 1.29 is 19.1 Å². The van der Waals surface area contributed by atoms with Gasteiger partial charge in [0.1, 0.15) is 23.6 Å². The molecule has 1 aliphatic heterocycles. The fourth-order valence-electron chi connectivity index (χ4n) is 4.10. The molecule has 1 atom stereocenters. The second-order valence-electron chi connectivity index (χ2n) is 7.18. The molecule has 2 aliphatic rings. The summed E-state index contributed by atoms with van der Waals surface area (Å²) in [5.74, 6) is 1.24.